The minimum Gasteiger partial charge on any atom is -0.338 e. The molecule has 1 saturated heterocycles. The number of hydrogen-bond donors (Lipinski definition) is 0. The molecule has 0 spiro atoms. The molecule has 1 aliphatic heterocycles. The Hall–Kier alpha value is -2.41. The molecule has 6 rings (SSSR count). The fraction of sp³-hybridized carbons (Fsp3) is 0.583. The van der Waals surface area contributed by atoms with E-state index in [2.05, 4.69) is 31.3 Å². The Kier molecular flexibility index (Phi) is 4.97. The average Bonchev–Trinajstić information content (AvgIpc) is 3.57. The molecule has 2 saturated carbocycles. The van der Waals surface area contributed by atoms with Crippen molar-refractivity contribution in [1.29, 1.82) is 0 Å². The minimum atomic E-state index is 0.151. The Morgan fingerprint density at radius 3 is 2.62 bits per heavy atom. The SMILES string of the molecule is CC1CN(c2nc3cc(Cl)ccc3c3nnc(C4CCCCC4)n23)CCN1C(=O)C1CC1. The van der Waals surface area contributed by atoms with Crippen LogP contribution in [0.4, 0.5) is 5.95 Å². The molecule has 0 radical (unpaired) electrons. The van der Waals surface area contributed by atoms with Crippen molar-refractivity contribution in [2.45, 2.75) is 63.8 Å². The van der Waals surface area contributed by atoms with Gasteiger partial charge in [0.1, 0.15) is 5.82 Å². The molecule has 3 heterocycles. The van der Waals surface area contributed by atoms with E-state index < -0.39 is 0 Å². The molecule has 1 unspecified atom stereocenters. The van der Waals surface area contributed by atoms with Crippen LogP contribution in [0, 0.1) is 5.92 Å². The van der Waals surface area contributed by atoms with E-state index in [0.29, 0.717) is 16.8 Å². The van der Waals surface area contributed by atoms with E-state index in [0.717, 1.165) is 73.6 Å². The Morgan fingerprint density at radius 1 is 1.06 bits per heavy atom. The van der Waals surface area contributed by atoms with Crippen molar-refractivity contribution in [2.24, 2.45) is 5.92 Å². The van der Waals surface area contributed by atoms with Crippen molar-refractivity contribution in [1.82, 2.24) is 24.5 Å². The van der Waals surface area contributed by atoms with Crippen LogP contribution in [0.2, 0.25) is 5.02 Å². The average molecular weight is 453 g/mol. The van der Waals surface area contributed by atoms with Gasteiger partial charge in [-0.2, -0.15) is 0 Å². The lowest BCUT2D eigenvalue weighted by Gasteiger charge is -2.40. The van der Waals surface area contributed by atoms with Gasteiger partial charge in [-0.25, -0.2) is 9.38 Å². The second-order valence-corrected chi connectivity index (χ2v) is 10.2. The molecule has 2 aromatic heterocycles. The number of nitrogens with zero attached hydrogens (tertiary/aromatic N) is 6. The van der Waals surface area contributed by atoms with Gasteiger partial charge in [0, 0.05) is 47.9 Å². The highest BCUT2D eigenvalue weighted by atomic mass is 35.5. The van der Waals surface area contributed by atoms with Gasteiger partial charge in [-0.1, -0.05) is 30.9 Å². The number of fused-ring (bicyclic) bond motifs is 3. The summed E-state index contributed by atoms with van der Waals surface area (Å²) in [5.74, 6) is 2.91. The van der Waals surface area contributed by atoms with Crippen LogP contribution in [0.3, 0.4) is 0 Å². The topological polar surface area (TPSA) is 66.6 Å². The van der Waals surface area contributed by atoms with E-state index in [4.69, 9.17) is 16.6 Å². The molecule has 1 aromatic carbocycles. The van der Waals surface area contributed by atoms with Crippen molar-refractivity contribution in [3.63, 3.8) is 0 Å². The van der Waals surface area contributed by atoms with Gasteiger partial charge >= 0.3 is 0 Å². The molecule has 7 nitrogen and oxygen atoms in total. The number of carbonyl (C=O) groups is 1. The maximum Gasteiger partial charge on any atom is 0.226 e. The van der Waals surface area contributed by atoms with Crippen molar-refractivity contribution in [3.05, 3.63) is 29.0 Å². The number of benzene rings is 1. The normalized spacial score (nSPS) is 22.8. The molecule has 1 atom stereocenters. The predicted molar refractivity (Wildman–Crippen MR) is 125 cm³/mol. The van der Waals surface area contributed by atoms with Gasteiger partial charge in [-0.15, -0.1) is 10.2 Å². The lowest BCUT2D eigenvalue weighted by atomic mass is 9.89. The highest BCUT2D eigenvalue weighted by Gasteiger charge is 2.38. The van der Waals surface area contributed by atoms with Crippen LogP contribution < -0.4 is 4.90 Å². The van der Waals surface area contributed by atoms with Gasteiger partial charge in [-0.3, -0.25) is 4.79 Å². The summed E-state index contributed by atoms with van der Waals surface area (Å²) in [7, 11) is 0. The fourth-order valence-electron chi connectivity index (χ4n) is 5.48. The molecule has 0 N–H and O–H groups in total. The Labute approximate surface area is 192 Å². The van der Waals surface area contributed by atoms with Crippen LogP contribution in [0.25, 0.3) is 16.6 Å². The molecular weight excluding hydrogens is 424 g/mol. The van der Waals surface area contributed by atoms with Crippen LogP contribution >= 0.6 is 11.6 Å². The van der Waals surface area contributed by atoms with Crippen molar-refractivity contribution >= 4 is 40.0 Å². The molecule has 3 aliphatic rings. The lowest BCUT2D eigenvalue weighted by molar-refractivity contribution is -0.134. The molecule has 168 valence electrons. The third-order valence-corrected chi connectivity index (χ3v) is 7.63. The number of piperazine rings is 1. The van der Waals surface area contributed by atoms with E-state index >= 15 is 0 Å². The fourth-order valence-corrected chi connectivity index (χ4v) is 5.65. The van der Waals surface area contributed by atoms with Gasteiger partial charge in [0.05, 0.1) is 5.52 Å². The van der Waals surface area contributed by atoms with E-state index in [1.54, 1.807) is 0 Å². The molecule has 32 heavy (non-hydrogen) atoms. The Morgan fingerprint density at radius 2 is 1.88 bits per heavy atom. The summed E-state index contributed by atoms with van der Waals surface area (Å²) in [5, 5.41) is 11.0. The molecule has 3 aromatic rings. The van der Waals surface area contributed by atoms with Crippen LogP contribution in [0.15, 0.2) is 18.2 Å². The number of amides is 1. The first-order valence-corrected chi connectivity index (χ1v) is 12.4. The largest absolute Gasteiger partial charge is 0.338 e. The minimum absolute atomic E-state index is 0.151. The number of hydrogen-bond acceptors (Lipinski definition) is 5. The first kappa shape index (κ1) is 20.2. The van der Waals surface area contributed by atoms with Gasteiger partial charge in [0.15, 0.2) is 5.65 Å². The standard InChI is InChI=1S/C24H29ClN6O/c1-15-14-29(11-12-30(15)23(32)17-7-8-17)24-26-20-13-18(25)9-10-19(20)22-28-27-21(31(22)24)16-5-3-2-4-6-16/h9-10,13,15-17H,2-8,11-12,14H2,1H3. The van der Waals surface area contributed by atoms with Crippen molar-refractivity contribution in [3.8, 4) is 0 Å². The zero-order valence-corrected chi connectivity index (χ0v) is 19.3. The van der Waals surface area contributed by atoms with Crippen LogP contribution in [0.5, 0.6) is 0 Å². The highest BCUT2D eigenvalue weighted by Crippen LogP contribution is 2.36. The number of carbonyl (C=O) groups excluding carboxylic acids is 1. The highest BCUT2D eigenvalue weighted by molar-refractivity contribution is 6.31. The molecule has 8 heteroatoms. The predicted octanol–water partition coefficient (Wildman–Crippen LogP) is 4.43. The summed E-state index contributed by atoms with van der Waals surface area (Å²) in [6, 6.07) is 5.95. The number of anilines is 1. The quantitative estimate of drug-likeness (QED) is 0.588. The first-order chi connectivity index (χ1) is 15.6. The first-order valence-electron chi connectivity index (χ1n) is 12.0. The van der Waals surface area contributed by atoms with Crippen LogP contribution in [-0.2, 0) is 4.79 Å². The third kappa shape index (κ3) is 3.41. The Bertz CT molecular complexity index is 1180. The molecule has 3 fully saturated rings. The molecule has 0 bridgehead atoms. The number of halogens is 1. The second kappa shape index (κ2) is 7.87. The van der Waals surface area contributed by atoms with E-state index in [-0.39, 0.29) is 12.0 Å². The second-order valence-electron chi connectivity index (χ2n) is 9.73. The summed E-state index contributed by atoms with van der Waals surface area (Å²) < 4.78 is 2.19. The molecular formula is C24H29ClN6O. The lowest BCUT2D eigenvalue weighted by Crippen LogP contribution is -2.55. The Balaban J connectivity index is 1.44. The summed E-state index contributed by atoms with van der Waals surface area (Å²) >= 11 is 6.31. The smallest absolute Gasteiger partial charge is 0.226 e. The van der Waals surface area contributed by atoms with E-state index in [1.807, 2.05) is 18.2 Å². The van der Waals surface area contributed by atoms with Gasteiger partial charge < -0.3 is 9.80 Å². The number of aromatic nitrogens is 4. The van der Waals surface area contributed by atoms with E-state index in [1.165, 1.54) is 19.3 Å². The monoisotopic (exact) mass is 452 g/mol. The summed E-state index contributed by atoms with van der Waals surface area (Å²) in [5.41, 5.74) is 1.69. The van der Waals surface area contributed by atoms with Gasteiger partial charge in [0.2, 0.25) is 11.9 Å². The van der Waals surface area contributed by atoms with Crippen molar-refractivity contribution in [2.75, 3.05) is 24.5 Å². The summed E-state index contributed by atoms with van der Waals surface area (Å²) in [6.07, 6.45) is 8.18. The molecule has 2 aliphatic carbocycles. The maximum atomic E-state index is 12.7. The zero-order chi connectivity index (χ0) is 21.8. The summed E-state index contributed by atoms with van der Waals surface area (Å²) in [6.45, 7) is 4.40. The maximum absolute atomic E-state index is 12.7. The van der Waals surface area contributed by atoms with Crippen molar-refractivity contribution < 1.29 is 4.79 Å². The molecule has 1 amide bonds. The van der Waals surface area contributed by atoms with Gasteiger partial charge in [0.25, 0.3) is 0 Å². The number of rotatable bonds is 3. The van der Waals surface area contributed by atoms with Crippen LogP contribution in [0.1, 0.15) is 63.6 Å². The van der Waals surface area contributed by atoms with Crippen LogP contribution in [-0.4, -0.2) is 56.1 Å². The zero-order valence-electron chi connectivity index (χ0n) is 18.5. The van der Waals surface area contributed by atoms with Gasteiger partial charge in [-0.05, 0) is 50.8 Å². The third-order valence-electron chi connectivity index (χ3n) is 7.40. The summed E-state index contributed by atoms with van der Waals surface area (Å²) in [4.78, 5) is 22.2. The van der Waals surface area contributed by atoms with E-state index in [9.17, 15) is 4.79 Å².